The molecule has 4 aromatic rings. The summed E-state index contributed by atoms with van der Waals surface area (Å²) in [6.45, 7) is 0. The molecule has 0 atom stereocenters. The molecule has 2 aromatic heterocycles. The number of nitrogens with one attached hydrogen (secondary N) is 2. The zero-order valence-electron chi connectivity index (χ0n) is 11.9. The highest BCUT2D eigenvalue weighted by Crippen LogP contribution is 2.33. The van der Waals surface area contributed by atoms with Crippen LogP contribution >= 0.6 is 0 Å². The number of anilines is 1. The number of rotatable bonds is 3. The molecule has 0 spiro atoms. The Hall–Kier alpha value is -3.48. The molecule has 0 bridgehead atoms. The van der Waals surface area contributed by atoms with Crippen LogP contribution in [-0.2, 0) is 0 Å². The first-order chi connectivity index (χ1) is 11.2. The average molecular weight is 305 g/mol. The molecule has 0 unspecified atom stereocenters. The smallest absolute Gasteiger partial charge is 0.287 e. The van der Waals surface area contributed by atoms with Gasteiger partial charge in [0, 0.05) is 16.5 Å². The highest BCUT2D eigenvalue weighted by atomic mass is 16.7. The van der Waals surface area contributed by atoms with Crippen molar-refractivity contribution >= 4 is 27.9 Å². The molecule has 4 rings (SSSR count). The molecule has 2 N–H and O–H groups in total. The summed E-state index contributed by atoms with van der Waals surface area (Å²) in [5, 5.41) is 11.9. The Kier molecular flexibility index (Phi) is 2.90. The van der Waals surface area contributed by atoms with E-state index in [0.29, 0.717) is 11.3 Å². The molecule has 2 aromatic carbocycles. The second kappa shape index (κ2) is 5.06. The molecule has 0 aliphatic rings. The number of aromatic nitrogens is 3. The lowest BCUT2D eigenvalue weighted by Crippen LogP contribution is -2.11. The van der Waals surface area contributed by atoms with Crippen molar-refractivity contribution < 1.29 is 5.03 Å². The Morgan fingerprint density at radius 3 is 2.52 bits per heavy atom. The maximum Gasteiger partial charge on any atom is 0.287 e. The topological polar surface area (TPSA) is 96.7 Å². The van der Waals surface area contributed by atoms with Gasteiger partial charge in [0.15, 0.2) is 5.03 Å². The van der Waals surface area contributed by atoms with Crippen LogP contribution in [0.15, 0.2) is 54.6 Å². The third-order valence-electron chi connectivity index (χ3n) is 3.60. The Labute approximate surface area is 130 Å². The zero-order valence-corrected chi connectivity index (χ0v) is 11.9. The van der Waals surface area contributed by atoms with E-state index < -0.39 is 5.03 Å². The summed E-state index contributed by atoms with van der Waals surface area (Å²) < 4.78 is 0. The molecular formula is C16H11N5O2. The van der Waals surface area contributed by atoms with E-state index >= 15 is 0 Å². The van der Waals surface area contributed by atoms with E-state index in [1.54, 1.807) is 0 Å². The summed E-state index contributed by atoms with van der Waals surface area (Å²) in [7, 11) is 0. The van der Waals surface area contributed by atoms with Crippen LogP contribution in [-0.4, -0.2) is 20.0 Å². The lowest BCUT2D eigenvalue weighted by atomic mass is 10.1. The summed E-state index contributed by atoms with van der Waals surface area (Å²) >= 11 is 0. The predicted molar refractivity (Wildman–Crippen MR) is 87.4 cm³/mol. The summed E-state index contributed by atoms with van der Waals surface area (Å²) in [6.07, 6.45) is 0. The van der Waals surface area contributed by atoms with Crippen molar-refractivity contribution in [1.82, 2.24) is 15.0 Å². The van der Waals surface area contributed by atoms with Crippen molar-refractivity contribution in [1.29, 1.82) is 0 Å². The monoisotopic (exact) mass is 305 g/mol. The second-order valence-electron chi connectivity index (χ2n) is 5.02. The number of benzene rings is 2. The Balaban J connectivity index is 2.09. The van der Waals surface area contributed by atoms with Crippen LogP contribution in [0.2, 0.25) is 0 Å². The van der Waals surface area contributed by atoms with Gasteiger partial charge in [-0.15, -0.1) is 0 Å². The number of H-pyrrole nitrogens is 1. The van der Waals surface area contributed by atoms with E-state index in [2.05, 4.69) is 15.0 Å². The molecule has 2 heterocycles. The second-order valence-corrected chi connectivity index (χ2v) is 5.02. The summed E-state index contributed by atoms with van der Waals surface area (Å²) in [5.74, 6) is -0.0482. The van der Waals surface area contributed by atoms with Crippen LogP contribution in [0.4, 0.5) is 5.95 Å². The summed E-state index contributed by atoms with van der Waals surface area (Å²) in [4.78, 5) is 22.5. The molecule has 23 heavy (non-hydrogen) atoms. The van der Waals surface area contributed by atoms with Gasteiger partial charge in [-0.3, -0.25) is 0 Å². The van der Waals surface area contributed by atoms with Crippen LogP contribution in [0, 0.1) is 10.1 Å². The lowest BCUT2D eigenvalue weighted by Gasteiger charge is -2.05. The largest absolute Gasteiger partial charge is 0.339 e. The minimum Gasteiger partial charge on any atom is -0.339 e. The van der Waals surface area contributed by atoms with Crippen LogP contribution in [0.5, 0.6) is 0 Å². The van der Waals surface area contributed by atoms with Gasteiger partial charge >= 0.3 is 0 Å². The van der Waals surface area contributed by atoms with E-state index in [9.17, 15) is 10.1 Å². The minimum atomic E-state index is -0.668. The summed E-state index contributed by atoms with van der Waals surface area (Å²) in [6, 6.07) is 17.3. The first kappa shape index (κ1) is 13.2. The number of fused-ring (bicyclic) bond motifs is 3. The average Bonchev–Trinajstić information content (AvgIpc) is 2.92. The first-order valence-corrected chi connectivity index (χ1v) is 6.97. The Morgan fingerprint density at radius 2 is 1.74 bits per heavy atom. The van der Waals surface area contributed by atoms with Gasteiger partial charge in [0.05, 0.1) is 11.1 Å². The fourth-order valence-electron chi connectivity index (χ4n) is 2.68. The Bertz CT molecular complexity index is 1030. The van der Waals surface area contributed by atoms with Gasteiger partial charge in [-0.25, -0.2) is 15.1 Å². The van der Waals surface area contributed by atoms with Gasteiger partial charge < -0.3 is 4.98 Å². The van der Waals surface area contributed by atoms with Crippen LogP contribution < -0.4 is 5.43 Å². The van der Waals surface area contributed by atoms with Crippen molar-refractivity contribution in [3.63, 3.8) is 0 Å². The normalized spacial score (nSPS) is 11.0. The van der Waals surface area contributed by atoms with Gasteiger partial charge in [-0.05, 0) is 6.07 Å². The third-order valence-corrected chi connectivity index (χ3v) is 3.60. The molecule has 0 amide bonds. The van der Waals surface area contributed by atoms with Gasteiger partial charge in [0.1, 0.15) is 5.65 Å². The van der Waals surface area contributed by atoms with Crippen molar-refractivity contribution in [2.24, 2.45) is 0 Å². The van der Waals surface area contributed by atoms with Crippen LogP contribution in [0.1, 0.15) is 0 Å². The number of hydrazine groups is 1. The third kappa shape index (κ3) is 2.24. The van der Waals surface area contributed by atoms with E-state index in [-0.39, 0.29) is 5.95 Å². The summed E-state index contributed by atoms with van der Waals surface area (Å²) in [5.41, 5.74) is 5.02. The first-order valence-electron chi connectivity index (χ1n) is 6.97. The van der Waals surface area contributed by atoms with Gasteiger partial charge in [0.25, 0.3) is 5.95 Å². The standard InChI is InChI=1S/C16H11N5O2/c22-21(23)20-16-18-14(10-6-2-1-3-7-10)13-11-8-4-5-9-12(11)17-15(13)19-16/h1-9H,(H2,17,18,19,20). The molecule has 0 saturated carbocycles. The molecule has 112 valence electrons. The number of hydrogen-bond acceptors (Lipinski definition) is 4. The molecule has 0 radical (unpaired) electrons. The van der Waals surface area contributed by atoms with Crippen molar-refractivity contribution in [2.45, 2.75) is 0 Å². The van der Waals surface area contributed by atoms with Crippen molar-refractivity contribution in [3.05, 3.63) is 64.7 Å². The van der Waals surface area contributed by atoms with Gasteiger partial charge in [-0.2, -0.15) is 4.98 Å². The predicted octanol–water partition coefficient (Wildman–Crippen LogP) is 3.38. The fourth-order valence-corrected chi connectivity index (χ4v) is 2.68. The molecule has 0 fully saturated rings. The number of para-hydroxylation sites is 1. The highest BCUT2D eigenvalue weighted by Gasteiger charge is 2.16. The highest BCUT2D eigenvalue weighted by molar-refractivity contribution is 6.12. The molecular weight excluding hydrogens is 294 g/mol. The molecule has 0 aliphatic carbocycles. The van der Waals surface area contributed by atoms with Gasteiger partial charge in [-0.1, -0.05) is 54.0 Å². The van der Waals surface area contributed by atoms with Crippen molar-refractivity contribution in [3.8, 4) is 11.3 Å². The molecule has 0 saturated heterocycles. The number of aromatic amines is 1. The fraction of sp³-hybridized carbons (Fsp3) is 0. The quantitative estimate of drug-likeness (QED) is 0.447. The lowest BCUT2D eigenvalue weighted by molar-refractivity contribution is -0.446. The molecule has 0 aliphatic heterocycles. The van der Waals surface area contributed by atoms with Crippen molar-refractivity contribution in [2.75, 3.05) is 5.43 Å². The van der Waals surface area contributed by atoms with Crippen LogP contribution in [0.25, 0.3) is 33.2 Å². The van der Waals surface area contributed by atoms with Gasteiger partial charge in [0.2, 0.25) is 0 Å². The molecule has 7 nitrogen and oxygen atoms in total. The Morgan fingerprint density at radius 1 is 1.00 bits per heavy atom. The minimum absolute atomic E-state index is 0.0482. The number of hydrogen-bond donors (Lipinski definition) is 2. The number of nitro groups is 1. The van der Waals surface area contributed by atoms with E-state index in [4.69, 9.17) is 0 Å². The van der Waals surface area contributed by atoms with Crippen LogP contribution in [0.3, 0.4) is 0 Å². The number of nitrogens with zero attached hydrogens (tertiary/aromatic N) is 3. The zero-order chi connectivity index (χ0) is 15.8. The molecule has 7 heteroatoms. The van der Waals surface area contributed by atoms with E-state index in [1.807, 2.05) is 60.0 Å². The van der Waals surface area contributed by atoms with E-state index in [1.165, 1.54) is 0 Å². The maximum atomic E-state index is 10.7. The van der Waals surface area contributed by atoms with E-state index in [0.717, 1.165) is 21.9 Å². The SMILES string of the molecule is O=[N+]([O-])Nc1nc(-c2ccccc2)c2c(n1)[nH]c1ccccc12. The maximum absolute atomic E-state index is 10.7.